The van der Waals surface area contributed by atoms with Gasteiger partial charge in [-0.25, -0.2) is 0 Å². The van der Waals surface area contributed by atoms with Crippen molar-refractivity contribution in [1.82, 2.24) is 0 Å². The van der Waals surface area contributed by atoms with Crippen LogP contribution in [0.15, 0.2) is 12.1 Å². The van der Waals surface area contributed by atoms with Crippen molar-refractivity contribution in [3.05, 3.63) is 33.1 Å². The van der Waals surface area contributed by atoms with Crippen molar-refractivity contribution in [3.63, 3.8) is 0 Å². The molecule has 2 aliphatic heterocycles. The average Bonchev–Trinajstić information content (AvgIpc) is 2.90. The highest BCUT2D eigenvalue weighted by molar-refractivity contribution is 6.32. The Kier molecular flexibility index (Phi) is 2.87. The topological polar surface area (TPSA) is 61.6 Å². The van der Waals surface area contributed by atoms with E-state index in [-0.39, 0.29) is 16.4 Å². The first kappa shape index (κ1) is 12.6. The molecular weight excluding hydrogens is 277 g/mol. The number of rotatable bonds is 4. The zero-order chi connectivity index (χ0) is 13.6. The van der Waals surface area contributed by atoms with Gasteiger partial charge in [0.1, 0.15) is 23.0 Å². The third-order valence-electron chi connectivity index (χ3n) is 3.66. The summed E-state index contributed by atoms with van der Waals surface area (Å²) in [7, 11) is 0. The van der Waals surface area contributed by atoms with Gasteiger partial charge >= 0.3 is 5.69 Å². The predicted molar refractivity (Wildman–Crippen MR) is 65.0 cm³/mol. The lowest BCUT2D eigenvalue weighted by Crippen LogP contribution is -2.42. The van der Waals surface area contributed by atoms with Crippen LogP contribution in [0.1, 0.15) is 12.8 Å². The fourth-order valence-electron chi connectivity index (χ4n) is 2.67. The van der Waals surface area contributed by atoms with E-state index < -0.39 is 16.4 Å². The van der Waals surface area contributed by atoms with Crippen LogP contribution in [0, 0.1) is 21.8 Å². The molecule has 3 fully saturated rings. The van der Waals surface area contributed by atoms with Crippen LogP contribution >= 0.6 is 11.6 Å². The van der Waals surface area contributed by atoms with E-state index in [1.54, 1.807) is 0 Å². The maximum absolute atomic E-state index is 13.6. The molecule has 1 aliphatic carbocycles. The van der Waals surface area contributed by atoms with Gasteiger partial charge in [-0.05, 0) is 24.8 Å². The van der Waals surface area contributed by atoms with Crippen molar-refractivity contribution in [2.45, 2.75) is 18.4 Å². The fourth-order valence-corrected chi connectivity index (χ4v) is 2.88. The van der Waals surface area contributed by atoms with E-state index in [1.807, 2.05) is 0 Å². The molecule has 5 nitrogen and oxygen atoms in total. The molecular formula is C12H11ClFNO4. The molecule has 2 saturated heterocycles. The molecule has 0 N–H and O–H groups in total. The van der Waals surface area contributed by atoms with Gasteiger partial charge in [0.05, 0.1) is 11.5 Å². The van der Waals surface area contributed by atoms with Crippen molar-refractivity contribution in [3.8, 4) is 5.75 Å². The minimum Gasteiger partial charge on any atom is -0.489 e. The molecule has 0 unspecified atom stereocenters. The SMILES string of the molecule is O=[N+]([O-])c1ccc(OCC23CC(CO2)C3)c(Cl)c1F. The van der Waals surface area contributed by atoms with Crippen LogP contribution in [-0.2, 0) is 4.74 Å². The van der Waals surface area contributed by atoms with Crippen LogP contribution in [0.2, 0.25) is 5.02 Å². The lowest BCUT2D eigenvalue weighted by molar-refractivity contribution is -0.387. The van der Waals surface area contributed by atoms with Crippen molar-refractivity contribution >= 4 is 17.3 Å². The normalized spacial score (nSPS) is 28.0. The number of benzene rings is 1. The van der Waals surface area contributed by atoms with E-state index in [0.717, 1.165) is 25.5 Å². The monoisotopic (exact) mass is 287 g/mol. The van der Waals surface area contributed by atoms with Crippen molar-refractivity contribution in [1.29, 1.82) is 0 Å². The van der Waals surface area contributed by atoms with Gasteiger partial charge in [-0.2, -0.15) is 4.39 Å². The van der Waals surface area contributed by atoms with Crippen LogP contribution in [0.3, 0.4) is 0 Å². The average molecular weight is 288 g/mol. The summed E-state index contributed by atoms with van der Waals surface area (Å²) in [5.41, 5.74) is -0.928. The minimum absolute atomic E-state index is 0.109. The Hall–Kier alpha value is -1.40. The Bertz CT molecular complexity index is 539. The first-order valence-corrected chi connectivity index (χ1v) is 6.28. The predicted octanol–water partition coefficient (Wildman–Crippen LogP) is 2.95. The molecule has 0 spiro atoms. The highest BCUT2D eigenvalue weighted by Crippen LogP contribution is 2.48. The Balaban J connectivity index is 1.74. The highest BCUT2D eigenvalue weighted by Gasteiger charge is 2.52. The third-order valence-corrected chi connectivity index (χ3v) is 4.01. The summed E-state index contributed by atoms with van der Waals surface area (Å²) in [6.45, 7) is 1.03. The second-order valence-electron chi connectivity index (χ2n) is 5.02. The molecule has 19 heavy (non-hydrogen) atoms. The Morgan fingerprint density at radius 3 is 2.89 bits per heavy atom. The summed E-state index contributed by atoms with van der Waals surface area (Å²) >= 11 is 5.74. The quantitative estimate of drug-likeness (QED) is 0.631. The number of nitro benzene ring substituents is 1. The van der Waals surface area contributed by atoms with E-state index >= 15 is 0 Å². The largest absolute Gasteiger partial charge is 0.489 e. The van der Waals surface area contributed by atoms with E-state index in [0.29, 0.717) is 12.5 Å². The maximum atomic E-state index is 13.6. The molecule has 102 valence electrons. The molecule has 0 atom stereocenters. The first-order chi connectivity index (χ1) is 9.01. The van der Waals surface area contributed by atoms with Gasteiger partial charge in [-0.3, -0.25) is 10.1 Å². The molecule has 0 amide bonds. The molecule has 0 aromatic heterocycles. The van der Waals surface area contributed by atoms with Gasteiger partial charge in [-0.1, -0.05) is 11.6 Å². The number of halogens is 2. The number of fused-ring (bicyclic) bond motifs is 1. The van der Waals surface area contributed by atoms with Gasteiger partial charge in [0, 0.05) is 6.07 Å². The van der Waals surface area contributed by atoms with E-state index in [4.69, 9.17) is 21.1 Å². The van der Waals surface area contributed by atoms with Crippen LogP contribution in [0.5, 0.6) is 5.75 Å². The number of hydrogen-bond donors (Lipinski definition) is 0. The fraction of sp³-hybridized carbons (Fsp3) is 0.500. The standard InChI is InChI=1S/C12H11ClFNO4/c13-10-9(2-1-8(11(10)14)15(16)17)18-6-12-3-7(4-12)5-19-12/h1-2,7H,3-6H2. The summed E-state index contributed by atoms with van der Waals surface area (Å²) in [4.78, 5) is 9.74. The summed E-state index contributed by atoms with van der Waals surface area (Å²) in [5.74, 6) is -0.355. The van der Waals surface area contributed by atoms with Crippen LogP contribution < -0.4 is 4.74 Å². The summed E-state index contributed by atoms with van der Waals surface area (Å²) in [5, 5.41) is 10.2. The molecule has 1 saturated carbocycles. The van der Waals surface area contributed by atoms with Crippen molar-refractivity contribution < 1.29 is 18.8 Å². The first-order valence-electron chi connectivity index (χ1n) is 5.90. The zero-order valence-electron chi connectivity index (χ0n) is 9.90. The summed E-state index contributed by atoms with van der Waals surface area (Å²) < 4.78 is 24.7. The Morgan fingerprint density at radius 2 is 2.32 bits per heavy atom. The van der Waals surface area contributed by atoms with Crippen LogP contribution in [-0.4, -0.2) is 23.7 Å². The highest BCUT2D eigenvalue weighted by atomic mass is 35.5. The molecule has 1 aromatic rings. The molecule has 7 heteroatoms. The second-order valence-corrected chi connectivity index (χ2v) is 5.40. The van der Waals surface area contributed by atoms with E-state index in [9.17, 15) is 14.5 Å². The van der Waals surface area contributed by atoms with Crippen molar-refractivity contribution in [2.75, 3.05) is 13.2 Å². The number of nitro groups is 1. The van der Waals surface area contributed by atoms with Gasteiger partial charge in [0.15, 0.2) is 0 Å². The van der Waals surface area contributed by atoms with Crippen LogP contribution in [0.25, 0.3) is 0 Å². The van der Waals surface area contributed by atoms with E-state index in [1.165, 1.54) is 6.07 Å². The second kappa shape index (κ2) is 4.31. The molecule has 4 rings (SSSR count). The lowest BCUT2D eigenvalue weighted by atomic mass is 9.75. The van der Waals surface area contributed by atoms with Gasteiger partial charge < -0.3 is 9.47 Å². The smallest absolute Gasteiger partial charge is 0.306 e. The Labute approximate surface area is 113 Å². The minimum atomic E-state index is -1.07. The number of hydrogen-bond acceptors (Lipinski definition) is 4. The van der Waals surface area contributed by atoms with E-state index in [2.05, 4.69) is 0 Å². The van der Waals surface area contributed by atoms with Crippen LogP contribution in [0.4, 0.5) is 10.1 Å². The van der Waals surface area contributed by atoms with Gasteiger partial charge in [0.25, 0.3) is 0 Å². The molecule has 1 aromatic carbocycles. The molecule has 2 heterocycles. The summed E-state index contributed by atoms with van der Waals surface area (Å²) in [6, 6.07) is 2.36. The molecule has 0 radical (unpaired) electrons. The van der Waals surface area contributed by atoms with Gasteiger partial charge in [-0.15, -0.1) is 0 Å². The zero-order valence-corrected chi connectivity index (χ0v) is 10.7. The maximum Gasteiger partial charge on any atom is 0.306 e. The number of nitrogens with zero attached hydrogens (tertiary/aromatic N) is 1. The van der Waals surface area contributed by atoms with Crippen molar-refractivity contribution in [2.24, 2.45) is 5.92 Å². The Morgan fingerprint density at radius 1 is 1.58 bits per heavy atom. The third kappa shape index (κ3) is 2.04. The molecule has 3 aliphatic rings. The van der Waals surface area contributed by atoms with Gasteiger partial charge in [0.2, 0.25) is 5.82 Å². The lowest BCUT2D eigenvalue weighted by Gasteiger charge is -2.35. The summed E-state index contributed by atoms with van der Waals surface area (Å²) in [6.07, 6.45) is 1.89. The number of ether oxygens (including phenoxy) is 2. The molecule has 2 bridgehead atoms.